The number of nitrogens with two attached hydrogens (primary N) is 1. The minimum atomic E-state index is -0.409. The van der Waals surface area contributed by atoms with Crippen LogP contribution in [0.2, 0.25) is 0 Å². The fraction of sp³-hybridized carbons (Fsp3) is 0.500. The molecule has 0 spiro atoms. The molecule has 0 aromatic heterocycles. The van der Waals surface area contributed by atoms with Crippen LogP contribution >= 0.6 is 0 Å². The van der Waals surface area contributed by atoms with E-state index >= 15 is 0 Å². The number of morpholine rings is 1. The van der Waals surface area contributed by atoms with Gasteiger partial charge < -0.3 is 20.1 Å². The van der Waals surface area contributed by atoms with Crippen LogP contribution in [0.4, 0.5) is 11.4 Å². The maximum absolute atomic E-state index is 11.7. The highest BCUT2D eigenvalue weighted by Gasteiger charge is 2.24. The molecule has 1 aromatic carbocycles. The normalized spacial score (nSPS) is 23.2. The molecule has 2 atom stereocenters. The SMILES string of the molecule is COC(=O)c1cc(N2CC(C)OCC2C)ccc1N. The Labute approximate surface area is 113 Å². The van der Waals surface area contributed by atoms with E-state index in [1.807, 2.05) is 13.0 Å². The summed E-state index contributed by atoms with van der Waals surface area (Å²) >= 11 is 0. The van der Waals surface area contributed by atoms with Crippen molar-refractivity contribution in [2.75, 3.05) is 30.9 Å². The smallest absolute Gasteiger partial charge is 0.340 e. The first-order valence-electron chi connectivity index (χ1n) is 6.39. The van der Waals surface area contributed by atoms with Crippen molar-refractivity contribution in [3.05, 3.63) is 23.8 Å². The van der Waals surface area contributed by atoms with Gasteiger partial charge in [-0.2, -0.15) is 0 Å². The van der Waals surface area contributed by atoms with E-state index in [0.29, 0.717) is 17.9 Å². The summed E-state index contributed by atoms with van der Waals surface area (Å²) in [6.45, 7) is 5.61. The zero-order valence-corrected chi connectivity index (χ0v) is 11.6. The molecule has 0 bridgehead atoms. The molecule has 0 radical (unpaired) electrons. The molecule has 0 aliphatic carbocycles. The quantitative estimate of drug-likeness (QED) is 0.650. The van der Waals surface area contributed by atoms with Crippen molar-refractivity contribution >= 4 is 17.3 Å². The van der Waals surface area contributed by atoms with Gasteiger partial charge in [0, 0.05) is 24.0 Å². The van der Waals surface area contributed by atoms with E-state index < -0.39 is 5.97 Å². The van der Waals surface area contributed by atoms with Crippen LogP contribution in [-0.2, 0) is 9.47 Å². The number of anilines is 2. The number of methoxy groups -OCH3 is 1. The Bertz CT molecular complexity index is 476. The maximum Gasteiger partial charge on any atom is 0.340 e. The Morgan fingerprint density at radius 1 is 1.47 bits per heavy atom. The minimum absolute atomic E-state index is 0.176. The molecule has 1 fully saturated rings. The lowest BCUT2D eigenvalue weighted by molar-refractivity contribution is 0.0344. The monoisotopic (exact) mass is 264 g/mol. The largest absolute Gasteiger partial charge is 0.465 e. The van der Waals surface area contributed by atoms with Gasteiger partial charge >= 0.3 is 5.97 Å². The van der Waals surface area contributed by atoms with Crippen LogP contribution in [0.5, 0.6) is 0 Å². The summed E-state index contributed by atoms with van der Waals surface area (Å²) in [7, 11) is 1.36. The number of rotatable bonds is 2. The molecule has 1 aliphatic rings. The molecule has 5 nitrogen and oxygen atoms in total. The standard InChI is InChI=1S/C14H20N2O3/c1-9-8-19-10(2)7-16(9)11-4-5-13(15)12(6-11)14(17)18-3/h4-6,9-10H,7-8,15H2,1-3H3. The van der Waals surface area contributed by atoms with Crippen molar-refractivity contribution < 1.29 is 14.3 Å². The van der Waals surface area contributed by atoms with E-state index in [1.165, 1.54) is 7.11 Å². The van der Waals surface area contributed by atoms with E-state index in [4.69, 9.17) is 15.2 Å². The molecule has 5 heteroatoms. The van der Waals surface area contributed by atoms with Gasteiger partial charge in [-0.15, -0.1) is 0 Å². The van der Waals surface area contributed by atoms with Crippen molar-refractivity contribution in [1.29, 1.82) is 0 Å². The molecule has 2 rings (SSSR count). The fourth-order valence-electron chi connectivity index (χ4n) is 2.27. The van der Waals surface area contributed by atoms with Crippen LogP contribution in [0.3, 0.4) is 0 Å². The number of hydrogen-bond donors (Lipinski definition) is 1. The third-order valence-electron chi connectivity index (χ3n) is 3.38. The van der Waals surface area contributed by atoms with Crippen LogP contribution in [-0.4, -0.2) is 38.4 Å². The minimum Gasteiger partial charge on any atom is -0.465 e. The van der Waals surface area contributed by atoms with Gasteiger partial charge in [-0.05, 0) is 32.0 Å². The molecule has 2 N–H and O–H groups in total. The number of hydrogen-bond acceptors (Lipinski definition) is 5. The summed E-state index contributed by atoms with van der Waals surface area (Å²) in [5.41, 5.74) is 7.63. The Morgan fingerprint density at radius 2 is 2.21 bits per heavy atom. The fourth-order valence-corrected chi connectivity index (χ4v) is 2.27. The van der Waals surface area contributed by atoms with Crippen molar-refractivity contribution in [2.24, 2.45) is 0 Å². The van der Waals surface area contributed by atoms with Crippen molar-refractivity contribution in [1.82, 2.24) is 0 Å². The zero-order valence-electron chi connectivity index (χ0n) is 11.6. The van der Waals surface area contributed by atoms with Crippen molar-refractivity contribution in [3.63, 3.8) is 0 Å². The summed E-state index contributed by atoms with van der Waals surface area (Å²) in [4.78, 5) is 13.9. The summed E-state index contributed by atoms with van der Waals surface area (Å²) in [6, 6.07) is 5.73. The highest BCUT2D eigenvalue weighted by atomic mass is 16.5. The van der Waals surface area contributed by atoms with Gasteiger partial charge in [0.05, 0.1) is 25.4 Å². The van der Waals surface area contributed by atoms with Gasteiger partial charge in [-0.25, -0.2) is 4.79 Å². The molecule has 1 saturated heterocycles. The first kappa shape index (κ1) is 13.7. The van der Waals surface area contributed by atoms with E-state index in [2.05, 4.69) is 11.8 Å². The predicted octanol–water partition coefficient (Wildman–Crippen LogP) is 1.67. The molecule has 0 saturated carbocycles. The van der Waals surface area contributed by atoms with Gasteiger partial charge in [0.25, 0.3) is 0 Å². The van der Waals surface area contributed by atoms with Crippen molar-refractivity contribution in [3.8, 4) is 0 Å². The third kappa shape index (κ3) is 2.81. The topological polar surface area (TPSA) is 64.8 Å². The van der Waals surface area contributed by atoms with Gasteiger partial charge in [0.15, 0.2) is 0 Å². The molecule has 1 aromatic rings. The molecule has 1 heterocycles. The van der Waals surface area contributed by atoms with Crippen molar-refractivity contribution in [2.45, 2.75) is 26.0 Å². The number of benzene rings is 1. The highest BCUT2D eigenvalue weighted by molar-refractivity contribution is 5.96. The lowest BCUT2D eigenvalue weighted by atomic mass is 10.1. The van der Waals surface area contributed by atoms with Crippen LogP contribution < -0.4 is 10.6 Å². The molecule has 0 amide bonds. The Hall–Kier alpha value is -1.75. The molecule has 104 valence electrons. The highest BCUT2D eigenvalue weighted by Crippen LogP contribution is 2.26. The Morgan fingerprint density at radius 3 is 2.89 bits per heavy atom. The lowest BCUT2D eigenvalue weighted by Crippen LogP contribution is -2.47. The predicted molar refractivity (Wildman–Crippen MR) is 74.4 cm³/mol. The lowest BCUT2D eigenvalue weighted by Gasteiger charge is -2.38. The number of ether oxygens (including phenoxy) is 2. The second-order valence-corrected chi connectivity index (χ2v) is 4.91. The number of carbonyl (C=O) groups is 1. The van der Waals surface area contributed by atoms with Crippen LogP contribution in [0.15, 0.2) is 18.2 Å². The molecule has 1 aliphatic heterocycles. The second kappa shape index (κ2) is 5.48. The average molecular weight is 264 g/mol. The van der Waals surface area contributed by atoms with Crippen LogP contribution in [0.25, 0.3) is 0 Å². The molecular weight excluding hydrogens is 244 g/mol. The Kier molecular flexibility index (Phi) is 3.95. The van der Waals surface area contributed by atoms with E-state index in [1.54, 1.807) is 12.1 Å². The van der Waals surface area contributed by atoms with Gasteiger partial charge in [0.1, 0.15) is 0 Å². The third-order valence-corrected chi connectivity index (χ3v) is 3.38. The first-order chi connectivity index (χ1) is 9.02. The Balaban J connectivity index is 2.31. The van der Waals surface area contributed by atoms with Gasteiger partial charge in [-0.3, -0.25) is 0 Å². The van der Waals surface area contributed by atoms with Gasteiger partial charge in [0.2, 0.25) is 0 Å². The number of nitrogens with zero attached hydrogens (tertiary/aromatic N) is 1. The first-order valence-corrected chi connectivity index (χ1v) is 6.39. The second-order valence-electron chi connectivity index (χ2n) is 4.91. The van der Waals surface area contributed by atoms with Crippen LogP contribution in [0.1, 0.15) is 24.2 Å². The summed E-state index contributed by atoms with van der Waals surface area (Å²) < 4.78 is 10.4. The van der Waals surface area contributed by atoms with Crippen LogP contribution in [0, 0.1) is 0 Å². The van der Waals surface area contributed by atoms with Gasteiger partial charge in [-0.1, -0.05) is 0 Å². The zero-order chi connectivity index (χ0) is 14.0. The molecular formula is C14H20N2O3. The van der Waals surface area contributed by atoms with E-state index in [-0.39, 0.29) is 12.1 Å². The summed E-state index contributed by atoms with van der Waals surface area (Å²) in [6.07, 6.45) is 0.176. The van der Waals surface area contributed by atoms with E-state index in [9.17, 15) is 4.79 Å². The maximum atomic E-state index is 11.7. The number of esters is 1. The number of nitrogen functional groups attached to an aromatic ring is 1. The molecule has 19 heavy (non-hydrogen) atoms. The molecule has 2 unspecified atom stereocenters. The number of carbonyl (C=O) groups excluding carboxylic acids is 1. The average Bonchev–Trinajstić information content (AvgIpc) is 2.41. The summed E-state index contributed by atoms with van der Waals surface area (Å²) in [5, 5.41) is 0. The summed E-state index contributed by atoms with van der Waals surface area (Å²) in [5.74, 6) is -0.409. The van der Waals surface area contributed by atoms with E-state index in [0.717, 1.165) is 12.2 Å².